The molecule has 136 valence electrons. The Bertz CT molecular complexity index is 816. The third-order valence-corrected chi connectivity index (χ3v) is 4.67. The highest BCUT2D eigenvalue weighted by Crippen LogP contribution is 2.35. The van der Waals surface area contributed by atoms with E-state index in [0.717, 1.165) is 27.5 Å². The van der Waals surface area contributed by atoms with Crippen molar-refractivity contribution >= 4 is 29.2 Å². The zero-order valence-corrected chi connectivity index (χ0v) is 15.6. The van der Waals surface area contributed by atoms with Gasteiger partial charge >= 0.3 is 6.09 Å². The number of hydrogen-bond acceptors (Lipinski definition) is 3. The Morgan fingerprint density at radius 2 is 2.04 bits per heavy atom. The van der Waals surface area contributed by atoms with Gasteiger partial charge in [-0.25, -0.2) is 9.18 Å². The van der Waals surface area contributed by atoms with Crippen molar-refractivity contribution in [1.29, 1.82) is 0 Å². The van der Waals surface area contributed by atoms with Gasteiger partial charge in [0, 0.05) is 17.1 Å². The molecule has 26 heavy (non-hydrogen) atoms. The molecular formula is C20H21FN2O2S. The molecule has 4 nitrogen and oxygen atoms in total. The van der Waals surface area contributed by atoms with Gasteiger partial charge in [-0.15, -0.1) is 18.2 Å². The Labute approximate surface area is 157 Å². The minimum absolute atomic E-state index is 0.279. The number of terminal acetylenes is 1. The summed E-state index contributed by atoms with van der Waals surface area (Å²) in [7, 11) is 0. The molecule has 0 atom stereocenters. The molecule has 6 heteroatoms. The highest BCUT2D eigenvalue weighted by molar-refractivity contribution is 7.99. The molecule has 0 saturated heterocycles. The van der Waals surface area contributed by atoms with Crippen LogP contribution < -0.4 is 10.2 Å². The topological polar surface area (TPSA) is 52.6 Å². The summed E-state index contributed by atoms with van der Waals surface area (Å²) in [4.78, 5) is 13.9. The van der Waals surface area contributed by atoms with Gasteiger partial charge in [0.05, 0.1) is 12.2 Å². The van der Waals surface area contributed by atoms with Gasteiger partial charge in [0.25, 0.3) is 0 Å². The van der Waals surface area contributed by atoms with E-state index in [1.807, 2.05) is 30.9 Å². The number of anilines is 2. The number of thioether (sulfide) groups is 1. The van der Waals surface area contributed by atoms with Crippen molar-refractivity contribution in [2.24, 2.45) is 0 Å². The first kappa shape index (κ1) is 19.7. The molecule has 1 amide bonds. The average Bonchev–Trinajstić information content (AvgIpc) is 2.59. The number of carbonyl (C=O) groups is 1. The number of hydrogen-bond donors (Lipinski definition) is 2. The van der Waals surface area contributed by atoms with Crippen molar-refractivity contribution in [1.82, 2.24) is 0 Å². The van der Waals surface area contributed by atoms with Gasteiger partial charge in [-0.05, 0) is 48.1 Å². The Balaban J connectivity index is 2.39. The van der Waals surface area contributed by atoms with Crippen LogP contribution in [0.2, 0.25) is 0 Å². The second-order valence-corrected chi connectivity index (χ2v) is 6.99. The summed E-state index contributed by atoms with van der Waals surface area (Å²) in [5.74, 6) is 3.18. The summed E-state index contributed by atoms with van der Waals surface area (Å²) >= 11 is 1.56. The molecule has 0 radical (unpaired) electrons. The normalized spacial score (nSPS) is 10.2. The molecule has 2 N–H and O–H groups in total. The second kappa shape index (κ2) is 9.16. The molecule has 0 aromatic heterocycles. The highest BCUT2D eigenvalue weighted by Gasteiger charge is 2.15. The summed E-state index contributed by atoms with van der Waals surface area (Å²) in [6, 6.07) is 10.2. The van der Waals surface area contributed by atoms with E-state index in [-0.39, 0.29) is 5.82 Å². The maximum Gasteiger partial charge on any atom is 0.409 e. The lowest BCUT2D eigenvalue weighted by Crippen LogP contribution is -2.23. The Kier molecular flexibility index (Phi) is 6.93. The van der Waals surface area contributed by atoms with Gasteiger partial charge in [-0.1, -0.05) is 25.0 Å². The molecular weight excluding hydrogens is 351 g/mol. The van der Waals surface area contributed by atoms with Crippen LogP contribution in [-0.4, -0.2) is 23.5 Å². The summed E-state index contributed by atoms with van der Waals surface area (Å²) < 4.78 is 13.1. The van der Waals surface area contributed by atoms with Crippen LogP contribution >= 0.6 is 11.8 Å². The van der Waals surface area contributed by atoms with Crippen LogP contribution in [0.3, 0.4) is 0 Å². The molecule has 0 spiro atoms. The number of benzene rings is 2. The number of amides is 1. The van der Waals surface area contributed by atoms with E-state index in [4.69, 9.17) is 11.5 Å². The fourth-order valence-corrected chi connectivity index (χ4v) is 3.49. The Hall–Kier alpha value is -2.65. The Morgan fingerprint density at radius 3 is 2.62 bits per heavy atom. The van der Waals surface area contributed by atoms with E-state index in [1.165, 1.54) is 12.1 Å². The van der Waals surface area contributed by atoms with Crippen LogP contribution in [0.1, 0.15) is 18.1 Å². The van der Waals surface area contributed by atoms with Crippen LogP contribution in [0.15, 0.2) is 41.3 Å². The first-order valence-corrected chi connectivity index (χ1v) is 9.13. The average molecular weight is 372 g/mol. The number of aryl methyl sites for hydroxylation is 1. The van der Waals surface area contributed by atoms with Gasteiger partial charge in [0.15, 0.2) is 0 Å². The SMILES string of the molecule is C#CCN(Cc1ccc(F)cc1)c1cc(C)c(NC(=O)O)c(SCC)c1. The van der Waals surface area contributed by atoms with Crippen molar-refractivity contribution in [3.63, 3.8) is 0 Å². The summed E-state index contributed by atoms with van der Waals surface area (Å²) in [5.41, 5.74) is 3.26. The number of nitrogens with one attached hydrogen (secondary N) is 1. The monoisotopic (exact) mass is 372 g/mol. The number of carboxylic acid groups (broad SMARTS) is 1. The minimum Gasteiger partial charge on any atom is -0.465 e. The van der Waals surface area contributed by atoms with Crippen LogP contribution in [0, 0.1) is 25.1 Å². The smallest absolute Gasteiger partial charge is 0.409 e. The lowest BCUT2D eigenvalue weighted by molar-refractivity contribution is 0.209. The number of halogens is 1. The van der Waals surface area contributed by atoms with E-state index in [9.17, 15) is 9.18 Å². The molecule has 0 heterocycles. The first-order chi connectivity index (χ1) is 12.4. The first-order valence-electron chi connectivity index (χ1n) is 8.14. The highest BCUT2D eigenvalue weighted by atomic mass is 32.2. The number of rotatable bonds is 7. The van der Waals surface area contributed by atoms with Gasteiger partial charge in [0.1, 0.15) is 5.82 Å². The zero-order valence-electron chi connectivity index (χ0n) is 14.8. The third kappa shape index (κ3) is 5.17. The minimum atomic E-state index is -1.09. The quantitative estimate of drug-likeness (QED) is 0.532. The zero-order chi connectivity index (χ0) is 19.1. The molecule has 0 aliphatic rings. The number of nitrogens with zero attached hydrogens (tertiary/aromatic N) is 1. The van der Waals surface area contributed by atoms with E-state index < -0.39 is 6.09 Å². The van der Waals surface area contributed by atoms with Crippen LogP contribution in [-0.2, 0) is 6.54 Å². The van der Waals surface area contributed by atoms with E-state index in [2.05, 4.69) is 11.2 Å². The largest absolute Gasteiger partial charge is 0.465 e. The van der Waals surface area contributed by atoms with E-state index >= 15 is 0 Å². The van der Waals surface area contributed by atoms with Crippen molar-refractivity contribution < 1.29 is 14.3 Å². The molecule has 0 aliphatic carbocycles. The van der Waals surface area contributed by atoms with Gasteiger partial charge in [-0.3, -0.25) is 5.32 Å². The van der Waals surface area contributed by atoms with Gasteiger partial charge in [-0.2, -0.15) is 0 Å². The summed E-state index contributed by atoms with van der Waals surface area (Å²) in [6.07, 6.45) is 4.44. The molecule has 0 unspecified atom stereocenters. The molecule has 2 rings (SSSR count). The van der Waals surface area contributed by atoms with Crippen LogP contribution in [0.4, 0.5) is 20.6 Å². The van der Waals surface area contributed by atoms with Crippen molar-refractivity contribution in [3.05, 3.63) is 53.3 Å². The van der Waals surface area contributed by atoms with Gasteiger partial charge < -0.3 is 10.0 Å². The van der Waals surface area contributed by atoms with Crippen LogP contribution in [0.5, 0.6) is 0 Å². The predicted octanol–water partition coefficient (Wildman–Crippen LogP) is 4.98. The standard InChI is InChI=1S/C20H21FN2O2S/c1-4-10-23(13-15-6-8-16(21)9-7-15)17-11-14(3)19(22-20(24)25)18(12-17)26-5-2/h1,6-9,11-12,22H,5,10,13H2,2-3H3,(H,24,25). The van der Waals surface area contributed by atoms with Crippen molar-refractivity contribution in [3.8, 4) is 12.3 Å². The molecule has 0 bridgehead atoms. The summed E-state index contributed by atoms with van der Waals surface area (Å²) in [5, 5.41) is 11.6. The van der Waals surface area contributed by atoms with Crippen molar-refractivity contribution in [2.45, 2.75) is 25.3 Å². The molecule has 0 fully saturated rings. The second-order valence-electron chi connectivity index (χ2n) is 5.69. The van der Waals surface area contributed by atoms with E-state index in [0.29, 0.717) is 18.8 Å². The lowest BCUT2D eigenvalue weighted by Gasteiger charge is -2.25. The lowest BCUT2D eigenvalue weighted by atomic mass is 10.1. The molecule has 0 saturated carbocycles. The fourth-order valence-electron chi connectivity index (χ4n) is 2.61. The van der Waals surface area contributed by atoms with Gasteiger partial charge in [0.2, 0.25) is 0 Å². The van der Waals surface area contributed by atoms with Crippen molar-refractivity contribution in [2.75, 3.05) is 22.5 Å². The molecule has 0 aliphatic heterocycles. The maximum atomic E-state index is 13.1. The van der Waals surface area contributed by atoms with E-state index in [1.54, 1.807) is 23.9 Å². The molecule has 2 aromatic carbocycles. The Morgan fingerprint density at radius 1 is 1.35 bits per heavy atom. The maximum absolute atomic E-state index is 13.1. The third-order valence-electron chi connectivity index (χ3n) is 3.75. The molecule has 2 aromatic rings. The fraction of sp³-hybridized carbons (Fsp3) is 0.250. The predicted molar refractivity (Wildman–Crippen MR) is 106 cm³/mol. The summed E-state index contributed by atoms with van der Waals surface area (Å²) in [6.45, 7) is 4.79. The van der Waals surface area contributed by atoms with Crippen LogP contribution in [0.25, 0.3) is 0 Å².